The van der Waals surface area contributed by atoms with Gasteiger partial charge in [-0.25, -0.2) is 0 Å². The molecule has 0 spiro atoms. The van der Waals surface area contributed by atoms with Crippen molar-refractivity contribution in [3.05, 3.63) is 109 Å². The zero-order chi connectivity index (χ0) is 66.3. The fraction of sp³-hybridized carbons (Fsp3) is 0.753. The van der Waals surface area contributed by atoms with Gasteiger partial charge in [0.05, 0.1) is 33.8 Å². The molecule has 0 aromatic heterocycles. The Balaban J connectivity index is 5.03. The van der Waals surface area contributed by atoms with Gasteiger partial charge in [-0.1, -0.05) is 323 Å². The molecular weight excluding hydrogens is 1140 g/mol. The van der Waals surface area contributed by atoms with Crippen molar-refractivity contribution in [1.82, 2.24) is 5.32 Å². The van der Waals surface area contributed by atoms with Gasteiger partial charge < -0.3 is 28.5 Å². The third kappa shape index (κ3) is 70.8. The first kappa shape index (κ1) is 87.7. The molecule has 0 heterocycles. The molecule has 0 saturated heterocycles. The van der Waals surface area contributed by atoms with E-state index in [0.717, 1.165) is 116 Å². The first-order valence-corrected chi connectivity index (χ1v) is 39.7. The van der Waals surface area contributed by atoms with E-state index in [1.165, 1.54) is 193 Å². The third-order valence-corrected chi connectivity index (χ3v) is 17.7. The number of likely N-dealkylation sites (N-methyl/N-ethyl adjacent to an activating group) is 1. The van der Waals surface area contributed by atoms with E-state index in [0.29, 0.717) is 17.4 Å². The third-order valence-electron chi connectivity index (χ3n) is 16.7. The van der Waals surface area contributed by atoms with Crippen LogP contribution in [-0.4, -0.2) is 69.4 Å². The minimum atomic E-state index is -4.72. The molecule has 0 aliphatic rings. The molecule has 526 valence electrons. The van der Waals surface area contributed by atoms with E-state index in [9.17, 15) is 19.0 Å². The number of esters is 1. The molecule has 0 fully saturated rings. The van der Waals surface area contributed by atoms with Crippen LogP contribution in [0.3, 0.4) is 0 Å². The van der Waals surface area contributed by atoms with Gasteiger partial charge in [0.25, 0.3) is 7.82 Å². The van der Waals surface area contributed by atoms with E-state index in [4.69, 9.17) is 13.8 Å². The summed E-state index contributed by atoms with van der Waals surface area (Å²) in [6, 6.07) is -0.900. The molecule has 91 heavy (non-hydrogen) atoms. The number of quaternary nitrogens is 1. The monoisotopic (exact) mass is 1290 g/mol. The van der Waals surface area contributed by atoms with Crippen LogP contribution in [0.4, 0.5) is 0 Å². The van der Waals surface area contributed by atoms with Crippen LogP contribution in [0.1, 0.15) is 342 Å². The number of nitrogens with one attached hydrogen (secondary N) is 1. The van der Waals surface area contributed by atoms with Gasteiger partial charge in [0, 0.05) is 12.8 Å². The molecule has 10 heteroatoms. The molecule has 0 aliphatic carbocycles. The van der Waals surface area contributed by atoms with Gasteiger partial charge in [0.1, 0.15) is 19.3 Å². The van der Waals surface area contributed by atoms with Gasteiger partial charge >= 0.3 is 5.97 Å². The number of amides is 1. The normalized spacial score (nSPS) is 14.1. The Kier molecular flexibility index (Phi) is 67.0. The Morgan fingerprint density at radius 2 is 0.703 bits per heavy atom. The summed E-state index contributed by atoms with van der Waals surface area (Å²) in [5, 5.41) is 3.05. The number of rotatable bonds is 69. The first-order chi connectivity index (χ1) is 44.4. The summed E-state index contributed by atoms with van der Waals surface area (Å²) in [4.78, 5) is 40.3. The van der Waals surface area contributed by atoms with Crippen molar-refractivity contribution < 1.29 is 37.3 Å². The van der Waals surface area contributed by atoms with E-state index in [1.54, 1.807) is 0 Å². The van der Waals surface area contributed by atoms with Crippen molar-refractivity contribution in [2.24, 2.45) is 0 Å². The van der Waals surface area contributed by atoms with Crippen LogP contribution in [0.5, 0.6) is 0 Å². The van der Waals surface area contributed by atoms with E-state index in [-0.39, 0.29) is 24.9 Å². The van der Waals surface area contributed by atoms with Crippen molar-refractivity contribution in [3.63, 3.8) is 0 Å². The van der Waals surface area contributed by atoms with Crippen molar-refractivity contribution >= 4 is 19.7 Å². The van der Waals surface area contributed by atoms with Crippen LogP contribution in [0.25, 0.3) is 0 Å². The second kappa shape index (κ2) is 69.5. The summed E-state index contributed by atoms with van der Waals surface area (Å²) in [5.74, 6) is -0.542. The predicted octanol–water partition coefficient (Wildman–Crippen LogP) is 24.2. The van der Waals surface area contributed by atoms with Gasteiger partial charge in [-0.15, -0.1) is 0 Å². The zero-order valence-corrected chi connectivity index (χ0v) is 61.2. The highest BCUT2D eigenvalue weighted by atomic mass is 31.2. The highest BCUT2D eigenvalue weighted by Crippen LogP contribution is 2.38. The van der Waals surface area contributed by atoms with E-state index in [2.05, 4.69) is 123 Å². The standard InChI is InChI=1S/C81H145N2O7P/c1-7-10-13-16-19-22-25-28-30-32-34-36-38-40-41-43-45-47-49-51-53-56-59-62-65-68-71-74-81(85)90-79(72-69-66-63-60-57-54-27-24-21-18-15-12-9-3)78(77-89-91(86,87)88-76-75-83(4,5)6)82-80(84)73-70-67-64-61-58-55-52-50-48-46-44-42-39-37-35-33-31-29-26-23-20-17-14-11-8-2/h11,14,19-20,22-23,28-31,34-37,42,44,69,72,78-79H,7-10,12-13,15-18,21,24-27,32-33,38-41,43,45-68,70-71,73-77H2,1-6H3,(H-,82,84,86,87)/b14-11-,22-19-,23-20-,30-28-,31-29-,36-34-,37-35-,44-42-,72-69+. The van der Waals surface area contributed by atoms with Gasteiger partial charge in [0.15, 0.2) is 0 Å². The van der Waals surface area contributed by atoms with E-state index < -0.39 is 26.6 Å². The maximum atomic E-state index is 13.6. The van der Waals surface area contributed by atoms with Crippen LogP contribution in [-0.2, 0) is 27.9 Å². The fourth-order valence-corrected chi connectivity index (χ4v) is 11.6. The molecule has 0 rings (SSSR count). The Morgan fingerprint density at radius 1 is 0.396 bits per heavy atom. The van der Waals surface area contributed by atoms with Crippen molar-refractivity contribution in [1.29, 1.82) is 0 Å². The lowest BCUT2D eigenvalue weighted by Gasteiger charge is -2.30. The maximum Gasteiger partial charge on any atom is 0.306 e. The minimum absolute atomic E-state index is 0.0273. The molecule has 0 aliphatic heterocycles. The van der Waals surface area contributed by atoms with Crippen LogP contribution < -0.4 is 10.2 Å². The number of unbranched alkanes of at least 4 members (excludes halogenated alkanes) is 37. The van der Waals surface area contributed by atoms with E-state index in [1.807, 2.05) is 33.3 Å². The molecule has 3 unspecified atom stereocenters. The largest absolute Gasteiger partial charge is 0.756 e. The molecular formula is C81H145N2O7P. The SMILES string of the molecule is CC/C=C\C/C=C\C/C=C\C/C=C\C/C=C\CCCCCCCCCCCC(=O)NC(COP(=O)([O-])OCC[N+](C)(C)C)C(/C=C/CCCCCCCCCCCCC)OC(=O)CCCCCCCCCCCCCCCC/C=C\C/C=C\C/C=C\CCCCC. The Morgan fingerprint density at radius 3 is 1.08 bits per heavy atom. The molecule has 1 N–H and O–H groups in total. The number of hydrogen-bond acceptors (Lipinski definition) is 7. The Hall–Kier alpha value is -3.33. The van der Waals surface area contributed by atoms with Gasteiger partial charge in [0.2, 0.25) is 5.91 Å². The second-order valence-electron chi connectivity index (χ2n) is 26.8. The van der Waals surface area contributed by atoms with Gasteiger partial charge in [-0.2, -0.15) is 0 Å². The lowest BCUT2D eigenvalue weighted by atomic mass is 10.0. The highest BCUT2D eigenvalue weighted by molar-refractivity contribution is 7.45. The summed E-state index contributed by atoms with van der Waals surface area (Å²) < 4.78 is 30.5. The number of nitrogens with zero attached hydrogens (tertiary/aromatic N) is 1. The molecule has 0 bridgehead atoms. The van der Waals surface area contributed by atoms with Crippen LogP contribution in [0.2, 0.25) is 0 Å². The smallest absolute Gasteiger partial charge is 0.306 e. The van der Waals surface area contributed by atoms with Crippen molar-refractivity contribution in [2.45, 2.75) is 354 Å². The molecule has 0 aromatic carbocycles. The molecule has 3 atom stereocenters. The van der Waals surface area contributed by atoms with E-state index >= 15 is 0 Å². The van der Waals surface area contributed by atoms with Gasteiger partial charge in [-0.05, 0) is 115 Å². The predicted molar refractivity (Wildman–Crippen MR) is 394 cm³/mol. The summed E-state index contributed by atoms with van der Waals surface area (Å²) >= 11 is 0. The first-order valence-electron chi connectivity index (χ1n) is 38.2. The number of phosphoric ester groups is 1. The number of carbonyl (C=O) groups is 2. The summed E-state index contributed by atoms with van der Waals surface area (Å²) in [7, 11) is 1.18. The van der Waals surface area contributed by atoms with Crippen molar-refractivity contribution in [2.75, 3.05) is 40.9 Å². The van der Waals surface area contributed by atoms with Gasteiger partial charge in [-0.3, -0.25) is 14.2 Å². The molecule has 1 amide bonds. The summed E-state index contributed by atoms with van der Waals surface area (Å²) in [6.07, 6.45) is 96.4. The zero-order valence-electron chi connectivity index (χ0n) is 60.3. The maximum absolute atomic E-state index is 13.6. The Labute approximate surface area is 563 Å². The highest BCUT2D eigenvalue weighted by Gasteiger charge is 2.27. The molecule has 9 nitrogen and oxygen atoms in total. The van der Waals surface area contributed by atoms with Crippen molar-refractivity contribution in [3.8, 4) is 0 Å². The van der Waals surface area contributed by atoms with Crippen LogP contribution in [0, 0.1) is 0 Å². The number of phosphoric acid groups is 1. The average Bonchev–Trinajstić information content (AvgIpc) is 3.73. The lowest BCUT2D eigenvalue weighted by Crippen LogP contribution is -2.47. The summed E-state index contributed by atoms with van der Waals surface area (Å²) in [6.45, 7) is 6.73. The number of carbonyl (C=O) groups excluding carboxylic acids is 2. The quantitative estimate of drug-likeness (QED) is 0.0212. The van der Waals surface area contributed by atoms with Crippen LogP contribution in [0.15, 0.2) is 109 Å². The molecule has 0 radical (unpaired) electrons. The number of allylic oxidation sites excluding steroid dienone is 17. The summed E-state index contributed by atoms with van der Waals surface area (Å²) in [5.41, 5.74) is 0. The average molecular weight is 1290 g/mol. The topological polar surface area (TPSA) is 114 Å². The lowest BCUT2D eigenvalue weighted by molar-refractivity contribution is -0.870. The Bertz CT molecular complexity index is 1930. The second-order valence-corrected chi connectivity index (χ2v) is 28.2. The molecule has 0 aromatic rings. The molecule has 0 saturated carbocycles. The van der Waals surface area contributed by atoms with Crippen LogP contribution >= 0.6 is 7.82 Å². The minimum Gasteiger partial charge on any atom is -0.756 e. The number of hydrogen-bond donors (Lipinski definition) is 1. The fourth-order valence-electron chi connectivity index (χ4n) is 10.9. The number of ether oxygens (including phenoxy) is 1.